The first kappa shape index (κ1) is 22.6. The number of pyridine rings is 1. The fourth-order valence-corrected chi connectivity index (χ4v) is 4.28. The molecular formula is C25H30N6O2. The summed E-state index contributed by atoms with van der Waals surface area (Å²) in [5.41, 5.74) is 4.00. The summed E-state index contributed by atoms with van der Waals surface area (Å²) in [6.07, 6.45) is 6.84. The number of carbonyl (C=O) groups is 2. The van der Waals surface area contributed by atoms with Gasteiger partial charge in [0.15, 0.2) is 0 Å². The van der Waals surface area contributed by atoms with Gasteiger partial charge in [-0.05, 0) is 42.5 Å². The Labute approximate surface area is 194 Å². The maximum absolute atomic E-state index is 13.3. The van der Waals surface area contributed by atoms with E-state index in [1.165, 1.54) is 0 Å². The third-order valence-electron chi connectivity index (χ3n) is 5.97. The molecule has 3 heterocycles. The minimum Gasteiger partial charge on any atom is -0.341 e. The number of rotatable bonds is 7. The van der Waals surface area contributed by atoms with Crippen molar-refractivity contribution in [3.05, 3.63) is 66.2 Å². The summed E-state index contributed by atoms with van der Waals surface area (Å²) in [7, 11) is 0. The molecule has 8 heteroatoms. The van der Waals surface area contributed by atoms with E-state index in [2.05, 4.69) is 46.5 Å². The first-order valence-corrected chi connectivity index (χ1v) is 11.5. The van der Waals surface area contributed by atoms with E-state index in [0.29, 0.717) is 32.6 Å². The van der Waals surface area contributed by atoms with Gasteiger partial charge in [0.1, 0.15) is 6.54 Å². The highest BCUT2D eigenvalue weighted by Gasteiger charge is 2.32. The van der Waals surface area contributed by atoms with Crippen molar-refractivity contribution in [3.8, 4) is 11.1 Å². The second-order valence-corrected chi connectivity index (χ2v) is 8.56. The SMILES string of the molecule is CCCN1CCN(C(=O)Cn2cc(C)nn2)C[C@@H](Cc2ccc(-c3cccnc3)cc2)C1=O. The molecule has 0 N–H and O–H groups in total. The highest BCUT2D eigenvalue weighted by Crippen LogP contribution is 2.22. The molecule has 0 aliphatic carbocycles. The van der Waals surface area contributed by atoms with Crippen LogP contribution in [0, 0.1) is 12.8 Å². The number of hydrogen-bond acceptors (Lipinski definition) is 5. The van der Waals surface area contributed by atoms with E-state index in [9.17, 15) is 9.59 Å². The van der Waals surface area contributed by atoms with E-state index < -0.39 is 0 Å². The van der Waals surface area contributed by atoms with Crippen LogP contribution in [0.25, 0.3) is 11.1 Å². The van der Waals surface area contributed by atoms with Crippen LogP contribution in [0.1, 0.15) is 24.6 Å². The Bertz CT molecular complexity index is 1080. The molecular weight excluding hydrogens is 416 g/mol. The molecule has 0 saturated carbocycles. The highest BCUT2D eigenvalue weighted by atomic mass is 16.2. The Morgan fingerprint density at radius 1 is 1.12 bits per heavy atom. The molecule has 0 spiro atoms. The molecule has 4 rings (SSSR count). The van der Waals surface area contributed by atoms with Crippen molar-refractivity contribution in [1.82, 2.24) is 29.8 Å². The van der Waals surface area contributed by atoms with Crippen LogP contribution in [0.5, 0.6) is 0 Å². The van der Waals surface area contributed by atoms with Crippen LogP contribution in [0.3, 0.4) is 0 Å². The molecule has 0 bridgehead atoms. The molecule has 8 nitrogen and oxygen atoms in total. The second-order valence-electron chi connectivity index (χ2n) is 8.56. The molecule has 1 atom stereocenters. The zero-order valence-electron chi connectivity index (χ0n) is 19.2. The average molecular weight is 447 g/mol. The van der Waals surface area contributed by atoms with Crippen LogP contribution < -0.4 is 0 Å². The van der Waals surface area contributed by atoms with Crippen molar-refractivity contribution in [2.45, 2.75) is 33.2 Å². The number of aryl methyl sites for hydroxylation is 1. The smallest absolute Gasteiger partial charge is 0.244 e. The van der Waals surface area contributed by atoms with Crippen molar-refractivity contribution < 1.29 is 9.59 Å². The quantitative estimate of drug-likeness (QED) is 0.557. The first-order valence-electron chi connectivity index (χ1n) is 11.5. The molecule has 0 radical (unpaired) electrons. The van der Waals surface area contributed by atoms with E-state index in [1.807, 2.05) is 30.2 Å². The zero-order valence-corrected chi connectivity index (χ0v) is 19.2. The van der Waals surface area contributed by atoms with Crippen molar-refractivity contribution in [3.63, 3.8) is 0 Å². The summed E-state index contributed by atoms with van der Waals surface area (Å²) < 4.78 is 1.56. The van der Waals surface area contributed by atoms with Crippen LogP contribution in [-0.2, 0) is 22.6 Å². The van der Waals surface area contributed by atoms with Crippen molar-refractivity contribution in [2.75, 3.05) is 26.2 Å². The highest BCUT2D eigenvalue weighted by molar-refractivity contribution is 5.82. The molecule has 1 fully saturated rings. The Morgan fingerprint density at radius 2 is 1.94 bits per heavy atom. The van der Waals surface area contributed by atoms with E-state index in [1.54, 1.807) is 22.0 Å². The third-order valence-corrected chi connectivity index (χ3v) is 5.97. The van der Waals surface area contributed by atoms with Crippen molar-refractivity contribution in [2.24, 2.45) is 5.92 Å². The van der Waals surface area contributed by atoms with Crippen LogP contribution in [0.4, 0.5) is 0 Å². The van der Waals surface area contributed by atoms with Gasteiger partial charge in [-0.1, -0.05) is 42.5 Å². The Hall–Kier alpha value is -3.55. The normalized spacial score (nSPS) is 16.7. The molecule has 1 aliphatic heterocycles. The summed E-state index contributed by atoms with van der Waals surface area (Å²) in [6.45, 7) is 6.27. The van der Waals surface area contributed by atoms with Gasteiger partial charge in [-0.3, -0.25) is 14.6 Å². The molecule has 3 aromatic rings. The van der Waals surface area contributed by atoms with Gasteiger partial charge in [-0.15, -0.1) is 5.10 Å². The number of hydrogen-bond donors (Lipinski definition) is 0. The van der Waals surface area contributed by atoms with Gasteiger partial charge in [0, 0.05) is 44.8 Å². The molecule has 2 aromatic heterocycles. The van der Waals surface area contributed by atoms with Gasteiger partial charge in [-0.2, -0.15) is 0 Å². The van der Waals surface area contributed by atoms with Gasteiger partial charge in [-0.25, -0.2) is 4.68 Å². The van der Waals surface area contributed by atoms with E-state index in [-0.39, 0.29) is 24.3 Å². The molecule has 0 unspecified atom stereocenters. The number of nitrogens with zero attached hydrogens (tertiary/aromatic N) is 6. The molecule has 1 aliphatic rings. The van der Waals surface area contributed by atoms with Crippen molar-refractivity contribution in [1.29, 1.82) is 0 Å². The lowest BCUT2D eigenvalue weighted by molar-refractivity contribution is -0.135. The standard InChI is InChI=1S/C25H30N6O2/c1-3-11-29-12-13-30(24(32)18-31-16-19(2)27-28-31)17-23(25(29)33)14-20-6-8-21(9-7-20)22-5-4-10-26-15-22/h4-10,15-16,23H,3,11-14,17-18H2,1-2H3/t23-/m1/s1. The Kier molecular flexibility index (Phi) is 7.12. The summed E-state index contributed by atoms with van der Waals surface area (Å²) in [4.78, 5) is 34.2. The average Bonchev–Trinajstić information content (AvgIpc) is 3.17. The van der Waals surface area contributed by atoms with E-state index in [4.69, 9.17) is 0 Å². The third kappa shape index (κ3) is 5.63. The largest absolute Gasteiger partial charge is 0.341 e. The number of benzene rings is 1. The van der Waals surface area contributed by atoms with Crippen LogP contribution in [0.15, 0.2) is 55.0 Å². The minimum absolute atomic E-state index is 0.0389. The van der Waals surface area contributed by atoms with Crippen LogP contribution in [-0.4, -0.2) is 67.8 Å². The molecule has 1 aromatic carbocycles. The maximum Gasteiger partial charge on any atom is 0.244 e. The first-order chi connectivity index (χ1) is 16.0. The van der Waals surface area contributed by atoms with E-state index in [0.717, 1.165) is 28.8 Å². The van der Waals surface area contributed by atoms with Crippen LogP contribution >= 0.6 is 0 Å². The maximum atomic E-state index is 13.3. The fourth-order valence-electron chi connectivity index (χ4n) is 4.28. The van der Waals surface area contributed by atoms with Gasteiger partial charge in [0.2, 0.25) is 11.8 Å². The lowest BCUT2D eigenvalue weighted by atomic mass is 9.96. The van der Waals surface area contributed by atoms with Gasteiger partial charge >= 0.3 is 0 Å². The number of aromatic nitrogens is 4. The topological polar surface area (TPSA) is 84.2 Å². The monoisotopic (exact) mass is 446 g/mol. The lowest BCUT2D eigenvalue weighted by Gasteiger charge is -2.24. The summed E-state index contributed by atoms with van der Waals surface area (Å²) in [6, 6.07) is 12.2. The molecule has 2 amide bonds. The predicted molar refractivity (Wildman–Crippen MR) is 125 cm³/mol. The Balaban J connectivity index is 1.49. The van der Waals surface area contributed by atoms with Gasteiger partial charge in [0.05, 0.1) is 11.6 Å². The summed E-state index contributed by atoms with van der Waals surface area (Å²) in [5.74, 6) is -0.187. The molecule has 172 valence electrons. The summed E-state index contributed by atoms with van der Waals surface area (Å²) >= 11 is 0. The van der Waals surface area contributed by atoms with Crippen molar-refractivity contribution >= 4 is 11.8 Å². The molecule has 1 saturated heterocycles. The minimum atomic E-state index is -0.273. The van der Waals surface area contributed by atoms with Crippen LogP contribution in [0.2, 0.25) is 0 Å². The summed E-state index contributed by atoms with van der Waals surface area (Å²) in [5, 5.41) is 7.95. The number of amides is 2. The molecule has 33 heavy (non-hydrogen) atoms. The Morgan fingerprint density at radius 3 is 2.61 bits per heavy atom. The number of carbonyl (C=O) groups excluding carboxylic acids is 2. The zero-order chi connectivity index (χ0) is 23.2. The predicted octanol–water partition coefficient (Wildman–Crippen LogP) is 2.59. The second kappa shape index (κ2) is 10.4. The van der Waals surface area contributed by atoms with Gasteiger partial charge < -0.3 is 9.80 Å². The van der Waals surface area contributed by atoms with Gasteiger partial charge in [0.25, 0.3) is 0 Å². The lowest BCUT2D eigenvalue weighted by Crippen LogP contribution is -2.39. The fraction of sp³-hybridized carbons (Fsp3) is 0.400. The van der Waals surface area contributed by atoms with E-state index >= 15 is 0 Å².